The predicted octanol–water partition coefficient (Wildman–Crippen LogP) is 5.61. The molecule has 176 valence electrons. The Labute approximate surface area is 210 Å². The van der Waals surface area contributed by atoms with Crippen LogP contribution in [0.5, 0.6) is 0 Å². The lowest BCUT2D eigenvalue weighted by Crippen LogP contribution is -2.35. The first-order valence-electron chi connectivity index (χ1n) is 11.1. The van der Waals surface area contributed by atoms with Gasteiger partial charge in [0.1, 0.15) is 6.61 Å². The first-order valence-corrected chi connectivity index (χ1v) is 11.9. The van der Waals surface area contributed by atoms with Crippen LogP contribution in [-0.4, -0.2) is 33.6 Å². The molecular formula is C27H22BrN3O4. The number of carbonyl (C=O) groups is 2. The van der Waals surface area contributed by atoms with Gasteiger partial charge in [-0.2, -0.15) is 5.10 Å². The molecule has 0 aliphatic heterocycles. The first-order chi connectivity index (χ1) is 16.9. The standard InChI is InChI=1S/C27H22BrN3O4/c1-16-21(14-31(30-16)24-13-7-6-12-23(24)28)25(26(32)33)29-27(34)35-15-22-19-10-4-2-8-17(19)18-9-3-5-11-20(18)22/h2-14,22,25H,15H2,1H3,(H,29,34)(H,32,33). The van der Waals surface area contributed by atoms with Crippen LogP contribution in [-0.2, 0) is 9.53 Å². The van der Waals surface area contributed by atoms with E-state index < -0.39 is 18.1 Å². The van der Waals surface area contributed by atoms with Crippen LogP contribution in [0.3, 0.4) is 0 Å². The molecule has 1 unspecified atom stereocenters. The maximum atomic E-state index is 12.7. The number of rotatable bonds is 6. The minimum atomic E-state index is -1.30. The number of amides is 1. The second kappa shape index (κ2) is 9.38. The summed E-state index contributed by atoms with van der Waals surface area (Å²) in [5.74, 6) is -1.32. The van der Waals surface area contributed by atoms with Gasteiger partial charge in [-0.1, -0.05) is 60.7 Å². The maximum Gasteiger partial charge on any atom is 0.408 e. The number of aromatic nitrogens is 2. The summed E-state index contributed by atoms with van der Waals surface area (Å²) in [5.41, 5.74) is 6.04. The molecule has 1 amide bonds. The smallest absolute Gasteiger partial charge is 0.408 e. The summed E-state index contributed by atoms with van der Waals surface area (Å²) in [4.78, 5) is 24.8. The van der Waals surface area contributed by atoms with Gasteiger partial charge in [-0.25, -0.2) is 14.3 Å². The molecule has 0 spiro atoms. The van der Waals surface area contributed by atoms with Crippen molar-refractivity contribution >= 4 is 28.0 Å². The van der Waals surface area contributed by atoms with Gasteiger partial charge < -0.3 is 15.2 Å². The highest BCUT2D eigenvalue weighted by molar-refractivity contribution is 9.10. The van der Waals surface area contributed by atoms with Crippen molar-refractivity contribution in [2.75, 3.05) is 6.61 Å². The molecule has 4 aromatic rings. The summed E-state index contributed by atoms with van der Waals surface area (Å²) in [6.45, 7) is 1.80. The number of halogens is 1. The molecule has 1 atom stereocenters. The van der Waals surface area contributed by atoms with Gasteiger partial charge in [0.25, 0.3) is 0 Å². The van der Waals surface area contributed by atoms with Gasteiger partial charge in [0, 0.05) is 22.2 Å². The molecule has 0 saturated heterocycles. The van der Waals surface area contributed by atoms with E-state index in [2.05, 4.69) is 38.5 Å². The van der Waals surface area contributed by atoms with Gasteiger partial charge in [-0.05, 0) is 57.2 Å². The number of hydrogen-bond donors (Lipinski definition) is 2. The maximum absolute atomic E-state index is 12.7. The summed E-state index contributed by atoms with van der Waals surface area (Å²) in [6, 6.07) is 22.2. The second-order valence-corrected chi connectivity index (χ2v) is 9.16. The van der Waals surface area contributed by atoms with E-state index in [0.717, 1.165) is 32.4 Å². The molecule has 2 N–H and O–H groups in total. The van der Waals surface area contributed by atoms with Crippen molar-refractivity contribution in [3.63, 3.8) is 0 Å². The van der Waals surface area contributed by atoms with Gasteiger partial charge in [-0.15, -0.1) is 0 Å². The SMILES string of the molecule is Cc1nn(-c2ccccc2Br)cc1C(NC(=O)OCC1c2ccccc2-c2ccccc21)C(=O)O. The number of alkyl carbamates (subject to hydrolysis) is 1. The second-order valence-electron chi connectivity index (χ2n) is 8.31. The Kier molecular flexibility index (Phi) is 6.13. The Morgan fingerprint density at radius 3 is 2.26 bits per heavy atom. The third-order valence-corrected chi connectivity index (χ3v) is 6.87. The Bertz CT molecular complexity index is 1390. The zero-order valence-corrected chi connectivity index (χ0v) is 20.4. The lowest BCUT2D eigenvalue weighted by molar-refractivity contribution is -0.139. The topological polar surface area (TPSA) is 93.5 Å². The summed E-state index contributed by atoms with van der Waals surface area (Å²) in [6.07, 6.45) is 0.810. The van der Waals surface area contributed by atoms with Crippen LogP contribution in [0.4, 0.5) is 4.79 Å². The van der Waals surface area contributed by atoms with Gasteiger partial charge in [0.2, 0.25) is 0 Å². The highest BCUT2D eigenvalue weighted by Gasteiger charge is 2.31. The van der Waals surface area contributed by atoms with E-state index in [1.807, 2.05) is 60.7 Å². The Morgan fingerprint density at radius 1 is 1.03 bits per heavy atom. The third kappa shape index (κ3) is 4.33. The van der Waals surface area contributed by atoms with Crippen LogP contribution in [0.2, 0.25) is 0 Å². The molecule has 0 saturated carbocycles. The van der Waals surface area contributed by atoms with E-state index in [0.29, 0.717) is 11.3 Å². The number of carbonyl (C=O) groups excluding carboxylic acids is 1. The highest BCUT2D eigenvalue weighted by atomic mass is 79.9. The molecule has 0 fully saturated rings. The van der Waals surface area contributed by atoms with E-state index in [1.54, 1.807) is 17.8 Å². The number of para-hydroxylation sites is 1. The number of benzene rings is 3. The van der Waals surface area contributed by atoms with Crippen LogP contribution < -0.4 is 5.32 Å². The summed E-state index contributed by atoms with van der Waals surface area (Å²) in [7, 11) is 0. The van der Waals surface area contributed by atoms with Crippen molar-refractivity contribution in [1.82, 2.24) is 15.1 Å². The van der Waals surface area contributed by atoms with E-state index in [-0.39, 0.29) is 12.5 Å². The van der Waals surface area contributed by atoms with Crippen molar-refractivity contribution in [1.29, 1.82) is 0 Å². The number of ether oxygens (including phenoxy) is 1. The molecule has 1 aliphatic carbocycles. The third-order valence-electron chi connectivity index (χ3n) is 6.20. The Hall–Kier alpha value is -3.91. The zero-order chi connectivity index (χ0) is 24.5. The van der Waals surface area contributed by atoms with Crippen molar-refractivity contribution < 1.29 is 19.4 Å². The molecule has 35 heavy (non-hydrogen) atoms. The van der Waals surface area contributed by atoms with E-state index >= 15 is 0 Å². The molecule has 1 aromatic heterocycles. The van der Waals surface area contributed by atoms with Crippen molar-refractivity contribution in [3.8, 4) is 16.8 Å². The quantitative estimate of drug-likeness (QED) is 0.337. The molecule has 5 rings (SSSR count). The number of nitrogens with one attached hydrogen (secondary N) is 1. The number of hydrogen-bond acceptors (Lipinski definition) is 4. The van der Waals surface area contributed by atoms with E-state index in [1.165, 1.54) is 0 Å². The highest BCUT2D eigenvalue weighted by Crippen LogP contribution is 2.44. The van der Waals surface area contributed by atoms with Crippen molar-refractivity contribution in [3.05, 3.63) is 106 Å². The zero-order valence-electron chi connectivity index (χ0n) is 18.8. The Morgan fingerprint density at radius 2 is 1.63 bits per heavy atom. The molecule has 1 aliphatic rings. The van der Waals surface area contributed by atoms with Crippen LogP contribution in [0.25, 0.3) is 16.8 Å². The summed E-state index contributed by atoms with van der Waals surface area (Å²) in [5, 5.41) is 16.8. The van der Waals surface area contributed by atoms with E-state index in [4.69, 9.17) is 4.74 Å². The van der Waals surface area contributed by atoms with Crippen molar-refractivity contribution in [2.24, 2.45) is 0 Å². The van der Waals surface area contributed by atoms with Crippen LogP contribution in [0, 0.1) is 6.92 Å². The number of carboxylic acids is 1. The van der Waals surface area contributed by atoms with Crippen LogP contribution in [0.1, 0.15) is 34.3 Å². The minimum absolute atomic E-state index is 0.0986. The lowest BCUT2D eigenvalue weighted by atomic mass is 9.98. The molecule has 0 radical (unpaired) electrons. The van der Waals surface area contributed by atoms with Gasteiger partial charge in [0.15, 0.2) is 6.04 Å². The van der Waals surface area contributed by atoms with Crippen LogP contribution >= 0.6 is 15.9 Å². The number of carboxylic acid groups (broad SMARTS) is 1. The average molecular weight is 532 g/mol. The molecular weight excluding hydrogens is 510 g/mol. The Balaban J connectivity index is 1.33. The fourth-order valence-corrected chi connectivity index (χ4v) is 5.01. The largest absolute Gasteiger partial charge is 0.479 e. The molecule has 3 aromatic carbocycles. The first kappa shape index (κ1) is 22.9. The number of aryl methyl sites for hydroxylation is 1. The fraction of sp³-hybridized carbons (Fsp3) is 0.148. The van der Waals surface area contributed by atoms with Gasteiger partial charge in [-0.3, -0.25) is 0 Å². The predicted molar refractivity (Wildman–Crippen MR) is 135 cm³/mol. The summed E-state index contributed by atoms with van der Waals surface area (Å²) < 4.78 is 7.94. The normalized spacial score (nSPS) is 13.1. The number of fused-ring (bicyclic) bond motifs is 3. The molecule has 7 nitrogen and oxygen atoms in total. The van der Waals surface area contributed by atoms with Crippen LogP contribution in [0.15, 0.2) is 83.5 Å². The fourth-order valence-electron chi connectivity index (χ4n) is 4.55. The van der Waals surface area contributed by atoms with Crippen molar-refractivity contribution in [2.45, 2.75) is 18.9 Å². The number of aliphatic carboxylic acids is 1. The lowest BCUT2D eigenvalue weighted by Gasteiger charge is -2.17. The molecule has 8 heteroatoms. The number of nitrogens with zero attached hydrogens (tertiary/aromatic N) is 2. The molecule has 1 heterocycles. The average Bonchev–Trinajstić information content (AvgIpc) is 3.39. The summed E-state index contributed by atoms with van der Waals surface area (Å²) >= 11 is 3.48. The van der Waals surface area contributed by atoms with Gasteiger partial charge in [0.05, 0.1) is 11.4 Å². The van der Waals surface area contributed by atoms with Gasteiger partial charge >= 0.3 is 12.1 Å². The molecule has 0 bridgehead atoms. The van der Waals surface area contributed by atoms with E-state index in [9.17, 15) is 14.7 Å². The monoisotopic (exact) mass is 531 g/mol. The minimum Gasteiger partial charge on any atom is -0.479 e.